The zero-order chi connectivity index (χ0) is 16.9. The molecule has 3 nitrogen and oxygen atoms in total. The molecule has 0 radical (unpaired) electrons. The molecule has 3 aromatic rings. The van der Waals surface area contributed by atoms with Gasteiger partial charge in [-0.15, -0.1) is 0 Å². The van der Waals surface area contributed by atoms with Crippen LogP contribution in [0.25, 0.3) is 10.8 Å². The van der Waals surface area contributed by atoms with Crippen molar-refractivity contribution in [1.29, 1.82) is 0 Å². The van der Waals surface area contributed by atoms with Crippen LogP contribution < -0.4 is 10.2 Å². The number of hydrogen-bond donors (Lipinski definition) is 1. The molecule has 24 heavy (non-hydrogen) atoms. The first kappa shape index (κ1) is 16.1. The molecule has 0 saturated heterocycles. The maximum absolute atomic E-state index is 12.2. The van der Waals surface area contributed by atoms with Crippen LogP contribution in [0.15, 0.2) is 66.7 Å². The quantitative estimate of drug-likeness (QED) is 0.774. The molecule has 3 heteroatoms. The number of fused-ring (bicyclic) bond motifs is 1. The maximum Gasteiger partial charge on any atom is 0.239 e. The first-order valence-corrected chi connectivity index (χ1v) is 8.14. The average molecular weight is 318 g/mol. The van der Waals surface area contributed by atoms with Crippen LogP contribution in [0.5, 0.6) is 0 Å². The number of benzene rings is 3. The second-order valence-electron chi connectivity index (χ2n) is 6.15. The Hall–Kier alpha value is -2.81. The molecule has 0 heterocycles. The first-order chi connectivity index (χ1) is 11.6. The minimum absolute atomic E-state index is 0.0197. The summed E-state index contributed by atoms with van der Waals surface area (Å²) >= 11 is 0. The number of anilines is 1. The Morgan fingerprint density at radius 1 is 0.958 bits per heavy atom. The Labute approximate surface area is 142 Å². The largest absolute Gasteiger partial charge is 0.365 e. The van der Waals surface area contributed by atoms with E-state index in [0.29, 0.717) is 13.1 Å². The Morgan fingerprint density at radius 3 is 2.42 bits per heavy atom. The molecule has 0 bridgehead atoms. The minimum atomic E-state index is 0.0197. The van der Waals surface area contributed by atoms with Crippen molar-refractivity contribution in [3.63, 3.8) is 0 Å². The Balaban J connectivity index is 1.59. The van der Waals surface area contributed by atoms with Crippen molar-refractivity contribution in [2.24, 2.45) is 0 Å². The van der Waals surface area contributed by atoms with Gasteiger partial charge < -0.3 is 10.2 Å². The van der Waals surface area contributed by atoms with Gasteiger partial charge in [0.25, 0.3) is 0 Å². The molecule has 0 aliphatic heterocycles. The highest BCUT2D eigenvalue weighted by Gasteiger charge is 2.08. The third-order valence-electron chi connectivity index (χ3n) is 4.16. The summed E-state index contributed by atoms with van der Waals surface area (Å²) < 4.78 is 0. The number of aryl methyl sites for hydroxylation is 1. The molecule has 3 aromatic carbocycles. The van der Waals surface area contributed by atoms with Gasteiger partial charge in [-0.2, -0.15) is 0 Å². The number of likely N-dealkylation sites (N-methyl/N-ethyl adjacent to an activating group) is 1. The molecular formula is C21H22N2O. The third kappa shape index (κ3) is 3.93. The third-order valence-corrected chi connectivity index (χ3v) is 4.16. The number of carbonyl (C=O) groups is 1. The van der Waals surface area contributed by atoms with E-state index >= 15 is 0 Å². The molecule has 122 valence electrons. The molecule has 0 saturated carbocycles. The van der Waals surface area contributed by atoms with E-state index in [-0.39, 0.29) is 5.91 Å². The lowest BCUT2D eigenvalue weighted by molar-refractivity contribution is -0.119. The fourth-order valence-corrected chi connectivity index (χ4v) is 2.68. The van der Waals surface area contributed by atoms with E-state index in [9.17, 15) is 4.79 Å². The summed E-state index contributed by atoms with van der Waals surface area (Å²) in [7, 11) is 1.94. The van der Waals surface area contributed by atoms with Crippen LogP contribution in [0.3, 0.4) is 0 Å². The summed E-state index contributed by atoms with van der Waals surface area (Å²) in [5.41, 5.74) is 3.38. The van der Waals surface area contributed by atoms with E-state index < -0.39 is 0 Å². The number of nitrogens with one attached hydrogen (secondary N) is 1. The van der Waals surface area contributed by atoms with Crippen molar-refractivity contribution in [1.82, 2.24) is 5.32 Å². The summed E-state index contributed by atoms with van der Waals surface area (Å²) in [6, 6.07) is 22.7. The van der Waals surface area contributed by atoms with Crippen LogP contribution in [-0.4, -0.2) is 19.5 Å². The van der Waals surface area contributed by atoms with Gasteiger partial charge in [0, 0.05) is 19.3 Å². The van der Waals surface area contributed by atoms with Crippen LogP contribution in [0.2, 0.25) is 0 Å². The van der Waals surface area contributed by atoms with E-state index in [0.717, 1.165) is 11.3 Å². The van der Waals surface area contributed by atoms with E-state index in [1.54, 1.807) is 0 Å². The number of hydrogen-bond acceptors (Lipinski definition) is 2. The Bertz CT molecular complexity index is 840. The van der Waals surface area contributed by atoms with Crippen molar-refractivity contribution in [3.05, 3.63) is 77.9 Å². The number of amides is 1. The summed E-state index contributed by atoms with van der Waals surface area (Å²) in [6.07, 6.45) is 0. The van der Waals surface area contributed by atoms with Crippen LogP contribution >= 0.6 is 0 Å². The summed E-state index contributed by atoms with van der Waals surface area (Å²) in [5, 5.41) is 5.36. The molecule has 0 aliphatic rings. The molecule has 0 aromatic heterocycles. The minimum Gasteiger partial charge on any atom is -0.365 e. The standard InChI is InChI=1S/C21H22N2O/c1-16-7-9-17(10-8-16)14-22-21(24)15-23(2)20-12-11-18-5-3-4-6-19(18)13-20/h3-13H,14-15H2,1-2H3,(H,22,24). The SMILES string of the molecule is Cc1ccc(CNC(=O)CN(C)c2ccc3ccccc3c2)cc1. The van der Waals surface area contributed by atoms with Gasteiger partial charge in [-0.25, -0.2) is 0 Å². The number of rotatable bonds is 5. The van der Waals surface area contributed by atoms with Crippen LogP contribution in [-0.2, 0) is 11.3 Å². The molecule has 0 unspecified atom stereocenters. The fraction of sp³-hybridized carbons (Fsp3) is 0.190. The molecule has 1 N–H and O–H groups in total. The lowest BCUT2D eigenvalue weighted by Crippen LogP contribution is -2.34. The molecule has 0 atom stereocenters. The highest BCUT2D eigenvalue weighted by Crippen LogP contribution is 2.21. The first-order valence-electron chi connectivity index (χ1n) is 8.14. The molecule has 0 spiro atoms. The van der Waals surface area contributed by atoms with Gasteiger partial charge in [0.15, 0.2) is 0 Å². The molecule has 1 amide bonds. The van der Waals surface area contributed by atoms with Crippen LogP contribution in [0.1, 0.15) is 11.1 Å². The van der Waals surface area contributed by atoms with E-state index in [1.807, 2.05) is 36.2 Å². The summed E-state index contributed by atoms with van der Waals surface area (Å²) in [6.45, 7) is 2.95. The highest BCUT2D eigenvalue weighted by atomic mass is 16.2. The van der Waals surface area contributed by atoms with Gasteiger partial charge in [0.2, 0.25) is 5.91 Å². The molecule has 0 fully saturated rings. The number of carbonyl (C=O) groups excluding carboxylic acids is 1. The topological polar surface area (TPSA) is 32.3 Å². The van der Waals surface area contributed by atoms with Crippen molar-refractivity contribution >= 4 is 22.4 Å². The van der Waals surface area contributed by atoms with Crippen molar-refractivity contribution in [2.75, 3.05) is 18.5 Å². The lowest BCUT2D eigenvalue weighted by atomic mass is 10.1. The Morgan fingerprint density at radius 2 is 1.67 bits per heavy atom. The summed E-state index contributed by atoms with van der Waals surface area (Å²) in [4.78, 5) is 14.1. The second-order valence-corrected chi connectivity index (χ2v) is 6.15. The van der Waals surface area contributed by atoms with Crippen molar-refractivity contribution in [3.8, 4) is 0 Å². The predicted molar refractivity (Wildman–Crippen MR) is 100 cm³/mol. The van der Waals surface area contributed by atoms with E-state index in [1.165, 1.54) is 16.3 Å². The molecular weight excluding hydrogens is 296 g/mol. The second kappa shape index (κ2) is 7.18. The van der Waals surface area contributed by atoms with Crippen molar-refractivity contribution in [2.45, 2.75) is 13.5 Å². The normalized spacial score (nSPS) is 10.6. The monoisotopic (exact) mass is 318 g/mol. The van der Waals surface area contributed by atoms with Gasteiger partial charge in [-0.05, 0) is 35.4 Å². The number of nitrogens with zero attached hydrogens (tertiary/aromatic N) is 1. The lowest BCUT2D eigenvalue weighted by Gasteiger charge is -2.19. The van der Waals surface area contributed by atoms with Gasteiger partial charge >= 0.3 is 0 Å². The van der Waals surface area contributed by atoms with Gasteiger partial charge in [0.1, 0.15) is 0 Å². The smallest absolute Gasteiger partial charge is 0.239 e. The zero-order valence-corrected chi connectivity index (χ0v) is 14.1. The highest BCUT2D eigenvalue weighted by molar-refractivity contribution is 5.87. The van der Waals surface area contributed by atoms with Gasteiger partial charge in [-0.1, -0.05) is 60.2 Å². The Kier molecular flexibility index (Phi) is 4.80. The van der Waals surface area contributed by atoms with Crippen molar-refractivity contribution < 1.29 is 4.79 Å². The average Bonchev–Trinajstić information content (AvgIpc) is 2.61. The molecule has 3 rings (SSSR count). The fourth-order valence-electron chi connectivity index (χ4n) is 2.68. The van der Waals surface area contributed by atoms with E-state index in [4.69, 9.17) is 0 Å². The maximum atomic E-state index is 12.2. The summed E-state index contributed by atoms with van der Waals surface area (Å²) in [5.74, 6) is 0.0197. The predicted octanol–water partition coefficient (Wildman–Crippen LogP) is 3.90. The molecule has 0 aliphatic carbocycles. The zero-order valence-electron chi connectivity index (χ0n) is 14.1. The van der Waals surface area contributed by atoms with Gasteiger partial charge in [0.05, 0.1) is 6.54 Å². The van der Waals surface area contributed by atoms with E-state index in [2.05, 4.69) is 54.7 Å². The van der Waals surface area contributed by atoms with Crippen LogP contribution in [0.4, 0.5) is 5.69 Å². The van der Waals surface area contributed by atoms with Crippen LogP contribution in [0, 0.1) is 6.92 Å². The van der Waals surface area contributed by atoms with Gasteiger partial charge in [-0.3, -0.25) is 4.79 Å².